The monoisotopic (exact) mass is 265 g/mol. The second-order valence-corrected chi connectivity index (χ2v) is 4.20. The van der Waals surface area contributed by atoms with Crippen LogP contribution in [0.2, 0.25) is 0 Å². The Hall–Kier alpha value is -2.11. The summed E-state index contributed by atoms with van der Waals surface area (Å²) in [6.07, 6.45) is 0. The molecular weight excluding hydrogens is 246 g/mol. The van der Waals surface area contributed by atoms with Gasteiger partial charge in [-0.25, -0.2) is 0 Å². The molecule has 0 aliphatic carbocycles. The standard InChI is InChI=1S/C13H19N3O3/c1-4-14-13(17)9-15(5-2)11-6-7-12(16(18)19)10(3)8-11/h6-8H,4-5,9H2,1-3H3,(H,14,17). The van der Waals surface area contributed by atoms with Crippen molar-refractivity contribution in [2.75, 3.05) is 24.5 Å². The molecule has 0 aliphatic heterocycles. The topological polar surface area (TPSA) is 75.5 Å². The number of hydrogen-bond acceptors (Lipinski definition) is 4. The molecule has 19 heavy (non-hydrogen) atoms. The molecule has 0 radical (unpaired) electrons. The van der Waals surface area contributed by atoms with Crippen LogP contribution < -0.4 is 10.2 Å². The molecule has 0 fully saturated rings. The first-order chi connectivity index (χ1) is 8.99. The number of benzene rings is 1. The number of amides is 1. The number of aryl methyl sites for hydroxylation is 1. The predicted octanol–water partition coefficient (Wildman–Crippen LogP) is 1.87. The number of carbonyl (C=O) groups is 1. The minimum absolute atomic E-state index is 0.0552. The van der Waals surface area contributed by atoms with Crippen LogP contribution in [0, 0.1) is 17.0 Å². The Morgan fingerprint density at radius 2 is 2.11 bits per heavy atom. The summed E-state index contributed by atoms with van der Waals surface area (Å²) < 4.78 is 0. The van der Waals surface area contributed by atoms with E-state index >= 15 is 0 Å². The third kappa shape index (κ3) is 3.94. The maximum absolute atomic E-state index is 11.6. The largest absolute Gasteiger partial charge is 0.362 e. The Morgan fingerprint density at radius 1 is 1.42 bits per heavy atom. The van der Waals surface area contributed by atoms with Crippen molar-refractivity contribution < 1.29 is 9.72 Å². The molecule has 0 spiro atoms. The van der Waals surface area contributed by atoms with Gasteiger partial charge in [-0.1, -0.05) is 0 Å². The normalized spacial score (nSPS) is 10.1. The van der Waals surface area contributed by atoms with Crippen LogP contribution in [0.4, 0.5) is 11.4 Å². The van der Waals surface area contributed by atoms with E-state index in [-0.39, 0.29) is 18.1 Å². The number of nitro benzene ring substituents is 1. The average Bonchev–Trinajstić information content (AvgIpc) is 2.35. The summed E-state index contributed by atoms with van der Waals surface area (Å²) in [5.41, 5.74) is 1.51. The molecule has 1 aromatic carbocycles. The Bertz CT molecular complexity index is 474. The molecule has 0 unspecified atom stereocenters. The van der Waals surface area contributed by atoms with Gasteiger partial charge in [-0.15, -0.1) is 0 Å². The van der Waals surface area contributed by atoms with Gasteiger partial charge in [0.25, 0.3) is 5.69 Å². The first-order valence-corrected chi connectivity index (χ1v) is 6.26. The molecule has 104 valence electrons. The van der Waals surface area contributed by atoms with E-state index in [1.54, 1.807) is 19.1 Å². The van der Waals surface area contributed by atoms with E-state index in [4.69, 9.17) is 0 Å². The highest BCUT2D eigenvalue weighted by Gasteiger charge is 2.14. The molecule has 0 atom stereocenters. The molecular formula is C13H19N3O3. The lowest BCUT2D eigenvalue weighted by molar-refractivity contribution is -0.385. The second-order valence-electron chi connectivity index (χ2n) is 4.20. The molecule has 0 aliphatic rings. The summed E-state index contributed by atoms with van der Waals surface area (Å²) >= 11 is 0. The summed E-state index contributed by atoms with van der Waals surface area (Å²) in [4.78, 5) is 23.8. The van der Waals surface area contributed by atoms with E-state index in [0.29, 0.717) is 18.7 Å². The number of rotatable bonds is 6. The van der Waals surface area contributed by atoms with Crippen molar-refractivity contribution >= 4 is 17.3 Å². The first-order valence-electron chi connectivity index (χ1n) is 6.26. The van der Waals surface area contributed by atoms with Crippen LogP contribution in [-0.4, -0.2) is 30.5 Å². The van der Waals surface area contributed by atoms with Crippen molar-refractivity contribution in [1.29, 1.82) is 0 Å². The highest BCUT2D eigenvalue weighted by atomic mass is 16.6. The van der Waals surface area contributed by atoms with Crippen molar-refractivity contribution in [2.45, 2.75) is 20.8 Å². The minimum Gasteiger partial charge on any atom is -0.362 e. The number of nitrogens with zero attached hydrogens (tertiary/aromatic N) is 2. The van der Waals surface area contributed by atoms with Crippen LogP contribution in [0.5, 0.6) is 0 Å². The smallest absolute Gasteiger partial charge is 0.272 e. The fourth-order valence-corrected chi connectivity index (χ4v) is 1.85. The van der Waals surface area contributed by atoms with Crippen LogP contribution in [0.25, 0.3) is 0 Å². The number of hydrogen-bond donors (Lipinski definition) is 1. The van der Waals surface area contributed by atoms with Gasteiger partial charge in [0.15, 0.2) is 0 Å². The zero-order chi connectivity index (χ0) is 14.4. The minimum atomic E-state index is -0.404. The fraction of sp³-hybridized carbons (Fsp3) is 0.462. The first kappa shape index (κ1) is 14.9. The number of likely N-dealkylation sites (N-methyl/N-ethyl adjacent to an activating group) is 2. The molecule has 0 bridgehead atoms. The van der Waals surface area contributed by atoms with Gasteiger partial charge in [-0.3, -0.25) is 14.9 Å². The lowest BCUT2D eigenvalue weighted by atomic mass is 10.1. The van der Waals surface area contributed by atoms with Gasteiger partial charge in [0.2, 0.25) is 5.91 Å². The van der Waals surface area contributed by atoms with Crippen molar-refractivity contribution in [1.82, 2.24) is 5.32 Å². The number of anilines is 1. The van der Waals surface area contributed by atoms with Gasteiger partial charge in [0, 0.05) is 30.4 Å². The summed E-state index contributed by atoms with van der Waals surface area (Å²) in [7, 11) is 0. The van der Waals surface area contributed by atoms with E-state index in [2.05, 4.69) is 5.32 Å². The quantitative estimate of drug-likeness (QED) is 0.629. The Kier molecular flexibility index (Phi) is 5.29. The molecule has 1 rings (SSSR count). The van der Waals surface area contributed by atoms with Gasteiger partial charge in [-0.05, 0) is 32.9 Å². The summed E-state index contributed by atoms with van der Waals surface area (Å²) in [6, 6.07) is 4.89. The zero-order valence-electron chi connectivity index (χ0n) is 11.5. The zero-order valence-corrected chi connectivity index (χ0v) is 11.5. The fourth-order valence-electron chi connectivity index (χ4n) is 1.85. The Morgan fingerprint density at radius 3 is 2.58 bits per heavy atom. The van der Waals surface area contributed by atoms with Crippen molar-refractivity contribution in [2.24, 2.45) is 0 Å². The van der Waals surface area contributed by atoms with Crippen LogP contribution >= 0.6 is 0 Å². The SMILES string of the molecule is CCNC(=O)CN(CC)c1ccc([N+](=O)[O-])c(C)c1. The summed E-state index contributed by atoms with van der Waals surface area (Å²) in [6.45, 7) is 7.01. The van der Waals surface area contributed by atoms with Crippen molar-refractivity contribution in [3.63, 3.8) is 0 Å². The molecule has 1 amide bonds. The lowest BCUT2D eigenvalue weighted by Gasteiger charge is -2.22. The maximum Gasteiger partial charge on any atom is 0.272 e. The van der Waals surface area contributed by atoms with Crippen molar-refractivity contribution in [3.8, 4) is 0 Å². The van der Waals surface area contributed by atoms with Gasteiger partial charge in [0.05, 0.1) is 11.5 Å². The molecule has 0 heterocycles. The van der Waals surface area contributed by atoms with Crippen LogP contribution in [0.3, 0.4) is 0 Å². The van der Waals surface area contributed by atoms with E-state index in [9.17, 15) is 14.9 Å². The molecule has 1 N–H and O–H groups in total. The van der Waals surface area contributed by atoms with Crippen LogP contribution in [0.15, 0.2) is 18.2 Å². The lowest BCUT2D eigenvalue weighted by Crippen LogP contribution is -2.37. The summed E-state index contributed by atoms with van der Waals surface area (Å²) in [5.74, 6) is -0.0552. The molecule has 0 saturated carbocycles. The average molecular weight is 265 g/mol. The summed E-state index contributed by atoms with van der Waals surface area (Å²) in [5, 5.41) is 13.5. The highest BCUT2D eigenvalue weighted by Crippen LogP contribution is 2.24. The molecule has 0 aromatic heterocycles. The molecule has 1 aromatic rings. The Labute approximate surface area is 112 Å². The molecule has 0 saturated heterocycles. The predicted molar refractivity (Wildman–Crippen MR) is 74.4 cm³/mol. The highest BCUT2D eigenvalue weighted by molar-refractivity contribution is 5.81. The van der Waals surface area contributed by atoms with E-state index < -0.39 is 4.92 Å². The van der Waals surface area contributed by atoms with Crippen molar-refractivity contribution in [3.05, 3.63) is 33.9 Å². The van der Waals surface area contributed by atoms with E-state index in [1.165, 1.54) is 6.07 Å². The third-order valence-electron chi connectivity index (χ3n) is 2.83. The number of carbonyl (C=O) groups excluding carboxylic acids is 1. The van der Waals surface area contributed by atoms with Gasteiger partial charge < -0.3 is 10.2 Å². The maximum atomic E-state index is 11.6. The van der Waals surface area contributed by atoms with Gasteiger partial charge >= 0.3 is 0 Å². The van der Waals surface area contributed by atoms with E-state index in [1.807, 2.05) is 18.7 Å². The third-order valence-corrected chi connectivity index (χ3v) is 2.83. The number of nitrogens with one attached hydrogen (secondary N) is 1. The van der Waals surface area contributed by atoms with Gasteiger partial charge in [-0.2, -0.15) is 0 Å². The number of nitro groups is 1. The van der Waals surface area contributed by atoms with E-state index in [0.717, 1.165) is 5.69 Å². The van der Waals surface area contributed by atoms with Gasteiger partial charge in [0.1, 0.15) is 0 Å². The van der Waals surface area contributed by atoms with Crippen LogP contribution in [0.1, 0.15) is 19.4 Å². The second kappa shape index (κ2) is 6.72. The Balaban J connectivity index is 2.90. The molecule has 6 nitrogen and oxygen atoms in total. The molecule has 6 heteroatoms. The van der Waals surface area contributed by atoms with Crippen LogP contribution in [-0.2, 0) is 4.79 Å².